The molecule has 0 spiro atoms. The molecule has 0 saturated carbocycles. The average molecular weight is 384 g/mol. The molecule has 2 rings (SSSR count). The molecular weight excluding hydrogens is 346 g/mol. The lowest BCUT2D eigenvalue weighted by molar-refractivity contribution is -0.128. The zero-order valence-corrected chi connectivity index (χ0v) is 17.6. The van der Waals surface area contributed by atoms with Gasteiger partial charge in [-0.25, -0.2) is 4.79 Å². The van der Waals surface area contributed by atoms with Crippen LogP contribution in [0.3, 0.4) is 0 Å². The Morgan fingerprint density at radius 2 is 1.81 bits per heavy atom. The van der Waals surface area contributed by atoms with Gasteiger partial charge in [0, 0.05) is 32.2 Å². The minimum absolute atomic E-state index is 0.0699. The minimum Gasteiger partial charge on any atom is -0.444 e. The van der Waals surface area contributed by atoms with Crippen LogP contribution in [0.25, 0.3) is 0 Å². The number of hydrogen-bond donors (Lipinski definition) is 1. The first-order valence-corrected chi connectivity index (χ1v) is 10.3. The highest BCUT2D eigenvalue weighted by atomic mass is 16.6. The molecule has 2 unspecified atom stereocenters. The molecular formula is C20H37N3O4. The molecule has 27 heavy (non-hydrogen) atoms. The quantitative estimate of drug-likeness (QED) is 0.788. The Morgan fingerprint density at radius 1 is 1.15 bits per heavy atom. The Balaban J connectivity index is 1.95. The van der Waals surface area contributed by atoms with E-state index < -0.39 is 17.7 Å². The normalized spacial score (nSPS) is 23.2. The van der Waals surface area contributed by atoms with E-state index in [-0.39, 0.29) is 11.9 Å². The highest BCUT2D eigenvalue weighted by Crippen LogP contribution is 2.21. The summed E-state index contributed by atoms with van der Waals surface area (Å²) in [6.07, 6.45) is 2.16. The van der Waals surface area contributed by atoms with Gasteiger partial charge >= 0.3 is 6.09 Å². The first kappa shape index (κ1) is 22.0. The molecule has 156 valence electrons. The van der Waals surface area contributed by atoms with Crippen LogP contribution >= 0.6 is 0 Å². The van der Waals surface area contributed by atoms with Crippen molar-refractivity contribution in [2.24, 2.45) is 5.92 Å². The predicted octanol–water partition coefficient (Wildman–Crippen LogP) is 2.25. The van der Waals surface area contributed by atoms with Crippen LogP contribution in [0, 0.1) is 5.92 Å². The van der Waals surface area contributed by atoms with Crippen LogP contribution in [0.5, 0.6) is 0 Å². The van der Waals surface area contributed by atoms with Gasteiger partial charge in [-0.3, -0.25) is 14.6 Å². The van der Waals surface area contributed by atoms with Crippen molar-refractivity contribution < 1.29 is 19.1 Å². The summed E-state index contributed by atoms with van der Waals surface area (Å²) in [7, 11) is 0. The summed E-state index contributed by atoms with van der Waals surface area (Å²) in [5, 5.41) is 3.11. The molecule has 2 heterocycles. The van der Waals surface area contributed by atoms with Gasteiger partial charge in [-0.05, 0) is 46.0 Å². The number of morpholine rings is 1. The molecule has 2 amide bonds. The van der Waals surface area contributed by atoms with Gasteiger partial charge in [0.2, 0.25) is 5.91 Å². The number of nitrogens with zero attached hydrogens (tertiary/aromatic N) is 2. The van der Waals surface area contributed by atoms with Crippen molar-refractivity contribution in [3.05, 3.63) is 0 Å². The maximum Gasteiger partial charge on any atom is 0.410 e. The van der Waals surface area contributed by atoms with E-state index in [0.717, 1.165) is 39.1 Å². The van der Waals surface area contributed by atoms with E-state index in [1.807, 2.05) is 20.8 Å². The SMILES string of the molecule is CC(C)C(CNC(=O)C1CCCCN1C(=O)OC(C)(C)C)N1CCOCC1. The maximum atomic E-state index is 12.9. The zero-order chi connectivity index (χ0) is 20.0. The number of carbonyl (C=O) groups is 2. The average Bonchev–Trinajstić information content (AvgIpc) is 2.61. The van der Waals surface area contributed by atoms with Crippen LogP contribution in [0.2, 0.25) is 0 Å². The standard InChI is InChI=1S/C20H37N3O4/c1-15(2)17(22-10-12-26-13-11-22)14-21-18(24)16-8-6-7-9-23(16)19(25)27-20(3,4)5/h15-17H,6-14H2,1-5H3,(H,21,24). The summed E-state index contributed by atoms with van der Waals surface area (Å²) in [5.41, 5.74) is -0.561. The molecule has 2 atom stereocenters. The fraction of sp³-hybridized carbons (Fsp3) is 0.900. The van der Waals surface area contributed by atoms with Crippen molar-refractivity contribution >= 4 is 12.0 Å². The summed E-state index contributed by atoms with van der Waals surface area (Å²) in [4.78, 5) is 29.4. The van der Waals surface area contributed by atoms with Crippen LogP contribution in [-0.4, -0.2) is 78.9 Å². The number of rotatable bonds is 5. The third-order valence-electron chi connectivity index (χ3n) is 5.20. The molecule has 0 radical (unpaired) electrons. The smallest absolute Gasteiger partial charge is 0.410 e. The van der Waals surface area contributed by atoms with E-state index in [1.165, 1.54) is 0 Å². The third-order valence-corrected chi connectivity index (χ3v) is 5.20. The molecule has 1 N–H and O–H groups in total. The van der Waals surface area contributed by atoms with Gasteiger partial charge in [-0.1, -0.05) is 13.8 Å². The first-order valence-electron chi connectivity index (χ1n) is 10.3. The number of likely N-dealkylation sites (tertiary alicyclic amines) is 1. The van der Waals surface area contributed by atoms with Gasteiger partial charge < -0.3 is 14.8 Å². The van der Waals surface area contributed by atoms with Gasteiger partial charge in [0.1, 0.15) is 11.6 Å². The fourth-order valence-electron chi connectivity index (χ4n) is 3.76. The Bertz CT molecular complexity index is 498. The lowest BCUT2D eigenvalue weighted by atomic mass is 10.00. The number of ether oxygens (including phenoxy) is 2. The van der Waals surface area contributed by atoms with E-state index in [1.54, 1.807) is 4.90 Å². The van der Waals surface area contributed by atoms with Crippen molar-refractivity contribution in [3.8, 4) is 0 Å². The molecule has 0 aromatic carbocycles. The van der Waals surface area contributed by atoms with Crippen molar-refractivity contribution in [3.63, 3.8) is 0 Å². The minimum atomic E-state index is -0.561. The molecule has 2 saturated heterocycles. The van der Waals surface area contributed by atoms with Crippen molar-refractivity contribution in [1.29, 1.82) is 0 Å². The van der Waals surface area contributed by atoms with E-state index in [9.17, 15) is 9.59 Å². The number of amides is 2. The van der Waals surface area contributed by atoms with Crippen LogP contribution in [0.4, 0.5) is 4.79 Å². The molecule has 2 aliphatic rings. The maximum absolute atomic E-state index is 12.9. The highest BCUT2D eigenvalue weighted by molar-refractivity contribution is 5.86. The van der Waals surface area contributed by atoms with E-state index in [0.29, 0.717) is 25.4 Å². The molecule has 0 bridgehead atoms. The molecule has 2 fully saturated rings. The second-order valence-electron chi connectivity index (χ2n) is 8.89. The summed E-state index contributed by atoms with van der Waals surface area (Å²) < 4.78 is 10.9. The first-order chi connectivity index (χ1) is 12.7. The second-order valence-corrected chi connectivity index (χ2v) is 8.89. The van der Waals surface area contributed by atoms with Crippen LogP contribution in [-0.2, 0) is 14.3 Å². The second kappa shape index (κ2) is 9.73. The summed E-state index contributed by atoms with van der Waals surface area (Å²) in [6, 6.07) is -0.164. The number of piperidine rings is 1. The van der Waals surface area contributed by atoms with Gasteiger partial charge in [-0.2, -0.15) is 0 Å². The third kappa shape index (κ3) is 6.64. The van der Waals surface area contributed by atoms with Crippen LogP contribution < -0.4 is 5.32 Å². The number of carbonyl (C=O) groups excluding carboxylic acids is 2. The predicted molar refractivity (Wildman–Crippen MR) is 105 cm³/mol. The van der Waals surface area contributed by atoms with E-state index in [4.69, 9.17) is 9.47 Å². The van der Waals surface area contributed by atoms with Gasteiger partial charge in [0.15, 0.2) is 0 Å². The van der Waals surface area contributed by atoms with Crippen LogP contribution in [0.15, 0.2) is 0 Å². The topological polar surface area (TPSA) is 71.1 Å². The van der Waals surface area contributed by atoms with Gasteiger partial charge in [0.05, 0.1) is 13.2 Å². The highest BCUT2D eigenvalue weighted by Gasteiger charge is 2.35. The Kier molecular flexibility index (Phi) is 7.91. The Hall–Kier alpha value is -1.34. The monoisotopic (exact) mass is 383 g/mol. The lowest BCUT2D eigenvalue weighted by Crippen LogP contribution is -2.56. The van der Waals surface area contributed by atoms with Crippen molar-refractivity contribution in [1.82, 2.24) is 15.1 Å². The lowest BCUT2D eigenvalue weighted by Gasteiger charge is -2.38. The Morgan fingerprint density at radius 3 is 2.41 bits per heavy atom. The molecule has 0 aromatic heterocycles. The Labute approximate surface area is 163 Å². The molecule has 0 aromatic rings. The molecule has 7 nitrogen and oxygen atoms in total. The summed E-state index contributed by atoms with van der Waals surface area (Å²) in [6.45, 7) is 14.3. The largest absolute Gasteiger partial charge is 0.444 e. The van der Waals surface area contributed by atoms with Gasteiger partial charge in [0.25, 0.3) is 0 Å². The number of hydrogen-bond acceptors (Lipinski definition) is 5. The molecule has 0 aliphatic carbocycles. The zero-order valence-electron chi connectivity index (χ0n) is 17.6. The number of nitrogens with one attached hydrogen (secondary N) is 1. The fourth-order valence-corrected chi connectivity index (χ4v) is 3.76. The summed E-state index contributed by atoms with van der Waals surface area (Å²) >= 11 is 0. The van der Waals surface area contributed by atoms with E-state index >= 15 is 0 Å². The van der Waals surface area contributed by atoms with Gasteiger partial charge in [-0.15, -0.1) is 0 Å². The summed E-state index contributed by atoms with van der Waals surface area (Å²) in [5.74, 6) is 0.358. The van der Waals surface area contributed by atoms with Crippen molar-refractivity contribution in [2.45, 2.75) is 71.6 Å². The molecule has 7 heteroatoms. The van der Waals surface area contributed by atoms with E-state index in [2.05, 4.69) is 24.1 Å². The van der Waals surface area contributed by atoms with Crippen molar-refractivity contribution in [2.75, 3.05) is 39.4 Å². The van der Waals surface area contributed by atoms with Crippen LogP contribution in [0.1, 0.15) is 53.9 Å². The molecule has 2 aliphatic heterocycles.